The summed E-state index contributed by atoms with van der Waals surface area (Å²) in [6.45, 7) is 1.02. The molecule has 1 amide bonds. The van der Waals surface area contributed by atoms with Crippen LogP contribution in [0.5, 0.6) is 11.5 Å². The Balaban J connectivity index is 1.35. The third kappa shape index (κ3) is 3.06. The first-order valence-electron chi connectivity index (χ1n) is 9.02. The van der Waals surface area contributed by atoms with E-state index in [-0.39, 0.29) is 18.7 Å². The molecular formula is C21H18N2O3S. The number of rotatable bonds is 3. The Morgan fingerprint density at radius 3 is 3.00 bits per heavy atom. The first-order chi connectivity index (χ1) is 13.3. The molecule has 1 fully saturated rings. The van der Waals surface area contributed by atoms with Gasteiger partial charge in [-0.3, -0.25) is 4.79 Å². The predicted molar refractivity (Wildman–Crippen MR) is 105 cm³/mol. The van der Waals surface area contributed by atoms with Crippen molar-refractivity contribution in [2.24, 2.45) is 0 Å². The highest BCUT2D eigenvalue weighted by Crippen LogP contribution is 2.37. The van der Waals surface area contributed by atoms with Gasteiger partial charge < -0.3 is 14.4 Å². The van der Waals surface area contributed by atoms with Crippen LogP contribution in [0.4, 0.5) is 0 Å². The molecule has 1 aromatic heterocycles. The van der Waals surface area contributed by atoms with Gasteiger partial charge in [-0.2, -0.15) is 0 Å². The molecule has 0 bridgehead atoms. The number of hydrogen-bond acceptors (Lipinski definition) is 5. The molecule has 5 rings (SSSR count). The maximum Gasteiger partial charge on any atom is 0.247 e. The van der Waals surface area contributed by atoms with Crippen LogP contribution < -0.4 is 9.47 Å². The quantitative estimate of drug-likeness (QED) is 0.634. The number of nitrogens with zero attached hydrogens (tertiary/aromatic N) is 2. The van der Waals surface area contributed by atoms with Gasteiger partial charge in [-0.05, 0) is 48.7 Å². The van der Waals surface area contributed by atoms with Gasteiger partial charge in [0.2, 0.25) is 12.7 Å². The van der Waals surface area contributed by atoms with Gasteiger partial charge in [0.05, 0.1) is 16.3 Å². The second kappa shape index (κ2) is 6.70. The van der Waals surface area contributed by atoms with Crippen LogP contribution in [0.2, 0.25) is 0 Å². The van der Waals surface area contributed by atoms with Gasteiger partial charge in [0.1, 0.15) is 5.01 Å². The van der Waals surface area contributed by atoms with E-state index in [9.17, 15) is 4.79 Å². The van der Waals surface area contributed by atoms with Gasteiger partial charge in [0.25, 0.3) is 0 Å². The zero-order valence-electron chi connectivity index (χ0n) is 14.6. The van der Waals surface area contributed by atoms with Crippen LogP contribution in [0.1, 0.15) is 29.5 Å². The average Bonchev–Trinajstić information content (AvgIpc) is 3.43. The minimum atomic E-state index is 0.0226. The van der Waals surface area contributed by atoms with Gasteiger partial charge in [-0.25, -0.2) is 4.98 Å². The molecule has 2 aliphatic rings. The van der Waals surface area contributed by atoms with Crippen molar-refractivity contribution >= 4 is 33.5 Å². The fourth-order valence-corrected chi connectivity index (χ4v) is 4.72. The normalized spacial score (nSPS) is 18.7. The van der Waals surface area contributed by atoms with Gasteiger partial charge in [-0.1, -0.05) is 18.2 Å². The SMILES string of the molecule is O=C(/C=C\c1ccc2c(c1)OCO2)N1CCC[C@@H]1c1nc2ccccc2s1. The molecule has 0 spiro atoms. The molecule has 0 saturated carbocycles. The second-order valence-corrected chi connectivity index (χ2v) is 7.72. The van der Waals surface area contributed by atoms with E-state index in [2.05, 4.69) is 6.07 Å². The monoisotopic (exact) mass is 378 g/mol. The zero-order chi connectivity index (χ0) is 18.2. The molecule has 0 unspecified atom stereocenters. The lowest BCUT2D eigenvalue weighted by atomic mass is 10.2. The van der Waals surface area contributed by atoms with Crippen LogP contribution in [0.15, 0.2) is 48.5 Å². The number of ether oxygens (including phenoxy) is 2. The standard InChI is InChI=1S/C21H18N2O3S/c24-20(10-8-14-7-9-17-18(12-14)26-13-25-17)23-11-3-5-16(23)21-22-15-4-1-2-6-19(15)27-21/h1-2,4,6-10,12,16H,3,5,11,13H2/b10-8-/t16-/m1/s1. The lowest BCUT2D eigenvalue weighted by Crippen LogP contribution is -2.28. The van der Waals surface area contributed by atoms with Crippen LogP contribution in [-0.2, 0) is 4.79 Å². The number of benzene rings is 2. The van der Waals surface area contributed by atoms with Crippen molar-refractivity contribution in [3.63, 3.8) is 0 Å². The Morgan fingerprint density at radius 2 is 2.07 bits per heavy atom. The molecule has 0 radical (unpaired) electrons. The molecule has 2 aromatic carbocycles. The maximum absolute atomic E-state index is 12.8. The van der Waals surface area contributed by atoms with Crippen molar-refractivity contribution in [1.29, 1.82) is 0 Å². The minimum Gasteiger partial charge on any atom is -0.454 e. The largest absolute Gasteiger partial charge is 0.454 e. The van der Waals surface area contributed by atoms with Crippen molar-refractivity contribution in [3.05, 3.63) is 59.1 Å². The van der Waals surface area contributed by atoms with Gasteiger partial charge in [0, 0.05) is 12.6 Å². The summed E-state index contributed by atoms with van der Waals surface area (Å²) in [5, 5.41) is 1.03. The van der Waals surface area contributed by atoms with E-state index >= 15 is 0 Å². The molecule has 0 aliphatic carbocycles. The number of amides is 1. The number of para-hydroxylation sites is 1. The minimum absolute atomic E-state index is 0.0226. The number of hydrogen-bond donors (Lipinski definition) is 0. The number of aromatic nitrogens is 1. The molecule has 136 valence electrons. The van der Waals surface area contributed by atoms with Crippen molar-refractivity contribution in [2.45, 2.75) is 18.9 Å². The average molecular weight is 378 g/mol. The van der Waals surface area contributed by atoms with Crippen LogP contribution in [0.3, 0.4) is 0 Å². The highest BCUT2D eigenvalue weighted by atomic mass is 32.1. The predicted octanol–water partition coefficient (Wildman–Crippen LogP) is 4.40. The smallest absolute Gasteiger partial charge is 0.247 e. The van der Waals surface area contributed by atoms with Crippen LogP contribution >= 0.6 is 11.3 Å². The fourth-order valence-electron chi connectivity index (χ4n) is 3.60. The van der Waals surface area contributed by atoms with E-state index < -0.39 is 0 Å². The maximum atomic E-state index is 12.8. The van der Waals surface area contributed by atoms with Crippen molar-refractivity contribution in [1.82, 2.24) is 9.88 Å². The Hall–Kier alpha value is -2.86. The molecule has 1 saturated heterocycles. The lowest BCUT2D eigenvalue weighted by Gasteiger charge is -2.21. The van der Waals surface area contributed by atoms with Gasteiger partial charge in [0.15, 0.2) is 11.5 Å². The first-order valence-corrected chi connectivity index (χ1v) is 9.83. The van der Waals surface area contributed by atoms with E-state index in [1.54, 1.807) is 17.4 Å². The molecule has 3 heterocycles. The Bertz CT molecular complexity index is 1010. The molecule has 0 N–H and O–H groups in total. The summed E-state index contributed by atoms with van der Waals surface area (Å²) >= 11 is 1.68. The molecule has 2 aliphatic heterocycles. The fraction of sp³-hybridized carbons (Fsp3) is 0.238. The van der Waals surface area contributed by atoms with Crippen molar-refractivity contribution < 1.29 is 14.3 Å². The lowest BCUT2D eigenvalue weighted by molar-refractivity contribution is -0.126. The highest BCUT2D eigenvalue weighted by Gasteiger charge is 2.31. The third-order valence-electron chi connectivity index (χ3n) is 4.95. The van der Waals surface area contributed by atoms with E-state index in [1.165, 1.54) is 4.70 Å². The summed E-state index contributed by atoms with van der Waals surface area (Å²) in [4.78, 5) is 19.5. The van der Waals surface area contributed by atoms with E-state index in [0.717, 1.165) is 47.0 Å². The van der Waals surface area contributed by atoms with E-state index in [0.29, 0.717) is 0 Å². The Labute approximate surface area is 160 Å². The highest BCUT2D eigenvalue weighted by molar-refractivity contribution is 7.18. The summed E-state index contributed by atoms with van der Waals surface area (Å²) in [7, 11) is 0. The Kier molecular flexibility index (Phi) is 4.05. The van der Waals surface area contributed by atoms with Gasteiger partial charge >= 0.3 is 0 Å². The number of carbonyl (C=O) groups excluding carboxylic acids is 1. The van der Waals surface area contributed by atoms with E-state index in [4.69, 9.17) is 14.5 Å². The van der Waals surface area contributed by atoms with Crippen LogP contribution in [0.25, 0.3) is 16.3 Å². The summed E-state index contributed by atoms with van der Waals surface area (Å²) in [5.74, 6) is 1.49. The summed E-state index contributed by atoms with van der Waals surface area (Å²) in [6.07, 6.45) is 5.44. The second-order valence-electron chi connectivity index (χ2n) is 6.66. The van der Waals surface area contributed by atoms with Crippen LogP contribution in [-0.4, -0.2) is 29.1 Å². The number of fused-ring (bicyclic) bond motifs is 2. The molecular weight excluding hydrogens is 360 g/mol. The van der Waals surface area contributed by atoms with Crippen LogP contribution in [0, 0.1) is 0 Å². The van der Waals surface area contributed by atoms with Gasteiger partial charge in [-0.15, -0.1) is 11.3 Å². The topological polar surface area (TPSA) is 51.7 Å². The first kappa shape index (κ1) is 16.3. The molecule has 3 aromatic rings. The van der Waals surface area contributed by atoms with Crippen molar-refractivity contribution in [2.75, 3.05) is 13.3 Å². The molecule has 6 heteroatoms. The molecule has 5 nitrogen and oxygen atoms in total. The zero-order valence-corrected chi connectivity index (χ0v) is 15.4. The third-order valence-corrected chi connectivity index (χ3v) is 6.08. The Morgan fingerprint density at radius 1 is 1.19 bits per heavy atom. The molecule has 27 heavy (non-hydrogen) atoms. The number of likely N-dealkylation sites (tertiary alicyclic amines) is 1. The molecule has 1 atom stereocenters. The van der Waals surface area contributed by atoms with E-state index in [1.807, 2.05) is 47.4 Å². The number of carbonyl (C=O) groups is 1. The summed E-state index contributed by atoms with van der Waals surface area (Å²) < 4.78 is 11.9. The number of thiazole rings is 1. The summed E-state index contributed by atoms with van der Waals surface area (Å²) in [5.41, 5.74) is 1.93. The summed E-state index contributed by atoms with van der Waals surface area (Å²) in [6, 6.07) is 13.9. The van der Waals surface area contributed by atoms with Crippen molar-refractivity contribution in [3.8, 4) is 11.5 Å².